The van der Waals surface area contributed by atoms with Crippen LogP contribution in [0.15, 0.2) is 28.9 Å². The Hall–Kier alpha value is -3.16. The van der Waals surface area contributed by atoms with E-state index in [9.17, 15) is 4.79 Å². The van der Waals surface area contributed by atoms with Crippen LogP contribution in [0.2, 0.25) is 0 Å². The predicted octanol–water partition coefficient (Wildman–Crippen LogP) is 1.95. The molecule has 2 aromatic heterocycles. The van der Waals surface area contributed by atoms with E-state index in [1.807, 2.05) is 6.92 Å². The van der Waals surface area contributed by atoms with Crippen molar-refractivity contribution in [3.8, 4) is 17.2 Å². The van der Waals surface area contributed by atoms with Crippen LogP contribution in [0.1, 0.15) is 37.6 Å². The van der Waals surface area contributed by atoms with Crippen molar-refractivity contribution in [3.63, 3.8) is 0 Å². The number of hydrogen-bond acceptors (Lipinski definition) is 6. The summed E-state index contributed by atoms with van der Waals surface area (Å²) in [6, 6.07) is 4.89. The normalized spacial score (nSPS) is 18.0. The first-order valence-corrected chi connectivity index (χ1v) is 7.65. The van der Waals surface area contributed by atoms with Gasteiger partial charge in [-0.2, -0.15) is 10.1 Å². The minimum atomic E-state index is -2.44. The van der Waals surface area contributed by atoms with Crippen LogP contribution in [-0.2, 0) is 7.05 Å². The lowest BCUT2D eigenvalue weighted by molar-refractivity contribution is 0.0929. The van der Waals surface area contributed by atoms with Crippen LogP contribution in [0.5, 0.6) is 5.75 Å². The number of benzene rings is 1. The summed E-state index contributed by atoms with van der Waals surface area (Å²) < 4.78 is 34.3. The van der Waals surface area contributed by atoms with Gasteiger partial charge in [0.15, 0.2) is 5.82 Å². The van der Waals surface area contributed by atoms with E-state index < -0.39 is 6.85 Å². The van der Waals surface area contributed by atoms with E-state index in [1.165, 1.54) is 6.20 Å². The molecule has 1 aliphatic rings. The molecule has 8 nitrogen and oxygen atoms in total. The molecule has 0 unspecified atom stereocenters. The third-order valence-electron chi connectivity index (χ3n) is 4.25. The number of aromatic nitrogens is 4. The van der Waals surface area contributed by atoms with Crippen LogP contribution in [0.4, 0.5) is 0 Å². The van der Waals surface area contributed by atoms with Crippen molar-refractivity contribution < 1.29 is 18.2 Å². The number of fused-ring (bicyclic) bond motifs is 1. The maximum Gasteiger partial charge on any atom is 0.258 e. The van der Waals surface area contributed by atoms with Crippen LogP contribution < -0.4 is 10.1 Å². The molecule has 3 aromatic rings. The molecule has 1 atom stereocenters. The highest BCUT2D eigenvalue weighted by Gasteiger charge is 2.27. The van der Waals surface area contributed by atoms with Crippen molar-refractivity contribution in [1.29, 1.82) is 0 Å². The SMILES string of the molecule is [2H]C([2H])([2H])c1noc(-c2ccc3c(c2)OC[C@H]3NC(=O)c2cnn(C)c2C)n1. The van der Waals surface area contributed by atoms with Crippen molar-refractivity contribution in [2.75, 3.05) is 6.61 Å². The molecule has 0 saturated carbocycles. The van der Waals surface area contributed by atoms with Gasteiger partial charge in [-0.15, -0.1) is 0 Å². The van der Waals surface area contributed by atoms with Gasteiger partial charge in [-0.1, -0.05) is 11.2 Å². The lowest BCUT2D eigenvalue weighted by atomic mass is 10.1. The smallest absolute Gasteiger partial charge is 0.258 e. The van der Waals surface area contributed by atoms with Gasteiger partial charge in [0, 0.05) is 28.0 Å². The highest BCUT2D eigenvalue weighted by Crippen LogP contribution is 2.35. The summed E-state index contributed by atoms with van der Waals surface area (Å²) in [6.07, 6.45) is 1.53. The Balaban J connectivity index is 1.54. The van der Waals surface area contributed by atoms with E-state index in [-0.39, 0.29) is 30.3 Å². The van der Waals surface area contributed by atoms with Gasteiger partial charge in [0.05, 0.1) is 17.8 Å². The standard InChI is InChI=1S/C17H17N5O3/c1-9-13(7-18-22(9)3)16(23)20-14-8-24-15-6-11(4-5-12(14)15)17-19-10(2)21-25-17/h4-7,14H,8H2,1-3H3,(H,20,23)/t14-/m1/s1/i2D3. The fraction of sp³-hybridized carbons (Fsp3) is 0.294. The van der Waals surface area contributed by atoms with E-state index >= 15 is 0 Å². The topological polar surface area (TPSA) is 95.1 Å². The number of aryl methyl sites for hydroxylation is 2. The molecule has 1 amide bonds. The van der Waals surface area contributed by atoms with Crippen LogP contribution in [0.25, 0.3) is 11.5 Å². The van der Waals surface area contributed by atoms with Crippen molar-refractivity contribution in [2.24, 2.45) is 7.05 Å². The number of ether oxygens (including phenoxy) is 1. The van der Waals surface area contributed by atoms with Crippen LogP contribution in [0.3, 0.4) is 0 Å². The van der Waals surface area contributed by atoms with E-state index in [0.717, 1.165) is 11.3 Å². The number of nitrogens with zero attached hydrogens (tertiary/aromatic N) is 4. The molecular formula is C17H17N5O3. The molecule has 1 aromatic carbocycles. The van der Waals surface area contributed by atoms with Crippen LogP contribution in [0, 0.1) is 13.8 Å². The summed E-state index contributed by atoms with van der Waals surface area (Å²) in [7, 11) is 1.77. The average Bonchev–Trinajstić information content (AvgIpc) is 3.35. The van der Waals surface area contributed by atoms with Crippen LogP contribution in [-0.4, -0.2) is 32.4 Å². The Morgan fingerprint density at radius 3 is 3.08 bits per heavy atom. The molecule has 128 valence electrons. The number of hydrogen-bond donors (Lipinski definition) is 1. The van der Waals surface area contributed by atoms with Crippen molar-refractivity contribution in [1.82, 2.24) is 25.2 Å². The third-order valence-corrected chi connectivity index (χ3v) is 4.25. The van der Waals surface area contributed by atoms with Gasteiger partial charge in [0.25, 0.3) is 11.8 Å². The second-order valence-electron chi connectivity index (χ2n) is 5.78. The van der Waals surface area contributed by atoms with Gasteiger partial charge in [-0.05, 0) is 25.9 Å². The fourth-order valence-corrected chi connectivity index (χ4v) is 2.76. The number of amides is 1. The average molecular weight is 342 g/mol. The molecule has 0 saturated heterocycles. The van der Waals surface area contributed by atoms with Crippen LogP contribution >= 0.6 is 0 Å². The Morgan fingerprint density at radius 2 is 2.36 bits per heavy atom. The third kappa shape index (κ3) is 2.65. The number of rotatable bonds is 3. The summed E-state index contributed by atoms with van der Waals surface area (Å²) in [5.74, 6) is 0.0894. The molecule has 1 N–H and O–H groups in total. The zero-order chi connectivity index (χ0) is 20.1. The largest absolute Gasteiger partial charge is 0.491 e. The summed E-state index contributed by atoms with van der Waals surface area (Å²) in [5, 5.41) is 10.5. The van der Waals surface area contributed by atoms with Gasteiger partial charge < -0.3 is 14.6 Å². The Bertz CT molecular complexity index is 1060. The number of carbonyl (C=O) groups excluding carboxylic acids is 1. The molecule has 3 heterocycles. The Labute approximate surface area is 148 Å². The van der Waals surface area contributed by atoms with Gasteiger partial charge in [-0.3, -0.25) is 9.48 Å². The van der Waals surface area contributed by atoms with E-state index in [4.69, 9.17) is 13.4 Å². The van der Waals surface area contributed by atoms with Crippen molar-refractivity contribution in [3.05, 3.63) is 47.0 Å². The summed E-state index contributed by atoms with van der Waals surface area (Å²) in [6.45, 7) is -0.325. The number of carbonyl (C=O) groups is 1. The first-order valence-electron chi connectivity index (χ1n) is 9.15. The lowest BCUT2D eigenvalue weighted by Gasteiger charge is -2.11. The summed E-state index contributed by atoms with van der Waals surface area (Å²) in [4.78, 5) is 16.4. The molecule has 0 radical (unpaired) electrons. The van der Waals surface area contributed by atoms with E-state index in [2.05, 4.69) is 20.6 Å². The van der Waals surface area contributed by atoms with Crippen molar-refractivity contribution in [2.45, 2.75) is 19.8 Å². The Kier molecular flexibility index (Phi) is 2.80. The van der Waals surface area contributed by atoms with Crippen molar-refractivity contribution >= 4 is 5.91 Å². The zero-order valence-electron chi connectivity index (χ0n) is 16.6. The lowest BCUT2D eigenvalue weighted by Crippen LogP contribution is -2.29. The molecule has 0 spiro atoms. The second-order valence-corrected chi connectivity index (χ2v) is 5.78. The van der Waals surface area contributed by atoms with Gasteiger partial charge in [0.2, 0.25) is 0 Å². The number of nitrogens with one attached hydrogen (secondary N) is 1. The second kappa shape index (κ2) is 5.73. The monoisotopic (exact) mass is 342 g/mol. The molecule has 8 heteroatoms. The maximum atomic E-state index is 12.5. The molecule has 0 fully saturated rings. The van der Waals surface area contributed by atoms with E-state index in [0.29, 0.717) is 16.9 Å². The maximum absolute atomic E-state index is 12.5. The fourth-order valence-electron chi connectivity index (χ4n) is 2.76. The molecule has 1 aliphatic heterocycles. The molecule has 4 rings (SSSR count). The first-order chi connectivity index (χ1) is 13.2. The van der Waals surface area contributed by atoms with E-state index in [1.54, 1.807) is 29.9 Å². The molecular weight excluding hydrogens is 322 g/mol. The zero-order valence-corrected chi connectivity index (χ0v) is 13.6. The van der Waals surface area contributed by atoms with Gasteiger partial charge in [-0.25, -0.2) is 0 Å². The Morgan fingerprint density at radius 1 is 1.48 bits per heavy atom. The molecule has 25 heavy (non-hydrogen) atoms. The minimum absolute atomic E-state index is 0.0935. The quantitative estimate of drug-likeness (QED) is 0.782. The highest BCUT2D eigenvalue weighted by atomic mass is 16.5. The predicted molar refractivity (Wildman–Crippen MR) is 88.1 cm³/mol. The summed E-state index contributed by atoms with van der Waals surface area (Å²) in [5.41, 5.74) is 2.63. The minimum Gasteiger partial charge on any atom is -0.491 e. The highest BCUT2D eigenvalue weighted by molar-refractivity contribution is 5.95. The van der Waals surface area contributed by atoms with Gasteiger partial charge >= 0.3 is 0 Å². The van der Waals surface area contributed by atoms with Gasteiger partial charge in [0.1, 0.15) is 12.4 Å². The first kappa shape index (κ1) is 12.2. The molecule has 0 bridgehead atoms. The summed E-state index contributed by atoms with van der Waals surface area (Å²) >= 11 is 0. The molecule has 0 aliphatic carbocycles.